The van der Waals surface area contributed by atoms with Crippen LogP contribution in [0.15, 0.2) is 18.2 Å². The number of nitrogens with zero attached hydrogens (tertiary/aromatic N) is 3. The molecule has 1 saturated heterocycles. The number of nitro groups is 1. The first kappa shape index (κ1) is 15.2. The Morgan fingerprint density at radius 2 is 2.19 bits per heavy atom. The van der Waals surface area contributed by atoms with Crippen molar-refractivity contribution >= 4 is 17.3 Å². The summed E-state index contributed by atoms with van der Waals surface area (Å²) in [5.74, 6) is -0.160. The van der Waals surface area contributed by atoms with Gasteiger partial charge in [0, 0.05) is 44.0 Å². The van der Waals surface area contributed by atoms with Crippen LogP contribution in [0.1, 0.15) is 16.8 Å². The van der Waals surface area contributed by atoms with E-state index in [1.165, 1.54) is 12.1 Å². The first-order chi connectivity index (χ1) is 9.93. The van der Waals surface area contributed by atoms with Gasteiger partial charge in [0.1, 0.15) is 0 Å². The average molecular weight is 292 g/mol. The Hall–Kier alpha value is -2.15. The highest BCUT2D eigenvalue weighted by molar-refractivity contribution is 6.00. The summed E-state index contributed by atoms with van der Waals surface area (Å²) in [6.07, 6.45) is 0.919. The molecule has 21 heavy (non-hydrogen) atoms. The molecule has 0 bridgehead atoms. The number of benzene rings is 1. The van der Waals surface area contributed by atoms with Crippen molar-refractivity contribution in [2.45, 2.75) is 12.5 Å². The summed E-state index contributed by atoms with van der Waals surface area (Å²) in [6, 6.07) is 4.66. The standard InChI is InChI=1S/C14H20N4O3/c1-15-13-5-4-10(18(20)21)8-12(13)14(19)17-7-6-11(9-17)16(2)3/h4-5,8,11,15H,6-7,9H2,1-3H3. The second-order valence-corrected chi connectivity index (χ2v) is 5.39. The fraction of sp³-hybridized carbons (Fsp3) is 0.500. The van der Waals surface area contributed by atoms with Crippen molar-refractivity contribution in [2.24, 2.45) is 0 Å². The zero-order valence-corrected chi connectivity index (χ0v) is 12.5. The summed E-state index contributed by atoms with van der Waals surface area (Å²) in [7, 11) is 5.68. The van der Waals surface area contributed by atoms with Gasteiger partial charge < -0.3 is 15.1 Å². The quantitative estimate of drug-likeness (QED) is 0.670. The molecule has 1 aromatic rings. The zero-order chi connectivity index (χ0) is 15.6. The summed E-state index contributed by atoms with van der Waals surface area (Å²) in [6.45, 7) is 1.32. The third-order valence-corrected chi connectivity index (χ3v) is 3.89. The van der Waals surface area contributed by atoms with E-state index in [0.717, 1.165) is 6.42 Å². The summed E-state index contributed by atoms with van der Waals surface area (Å²) >= 11 is 0. The minimum Gasteiger partial charge on any atom is -0.387 e. The van der Waals surface area contributed by atoms with E-state index in [0.29, 0.717) is 30.4 Å². The predicted molar refractivity (Wildman–Crippen MR) is 80.6 cm³/mol. The van der Waals surface area contributed by atoms with Crippen LogP contribution in [0.2, 0.25) is 0 Å². The summed E-state index contributed by atoms with van der Waals surface area (Å²) in [5, 5.41) is 13.8. The molecule has 7 nitrogen and oxygen atoms in total. The lowest BCUT2D eigenvalue weighted by molar-refractivity contribution is -0.384. The van der Waals surface area contributed by atoms with Crippen LogP contribution in [0.5, 0.6) is 0 Å². The molecule has 0 aromatic heterocycles. The molecular formula is C14H20N4O3. The normalized spacial score (nSPS) is 18.1. The monoisotopic (exact) mass is 292 g/mol. The SMILES string of the molecule is CNc1ccc([N+](=O)[O-])cc1C(=O)N1CCC(N(C)C)C1. The van der Waals surface area contributed by atoms with Gasteiger partial charge in [-0.2, -0.15) is 0 Å². The Morgan fingerprint density at radius 1 is 1.48 bits per heavy atom. The minimum atomic E-state index is -0.483. The molecule has 114 valence electrons. The Balaban J connectivity index is 2.26. The second-order valence-electron chi connectivity index (χ2n) is 5.39. The maximum absolute atomic E-state index is 12.6. The molecular weight excluding hydrogens is 272 g/mol. The van der Waals surface area contributed by atoms with Gasteiger partial charge in [0.05, 0.1) is 10.5 Å². The van der Waals surface area contributed by atoms with E-state index >= 15 is 0 Å². The van der Waals surface area contributed by atoms with E-state index in [2.05, 4.69) is 10.2 Å². The van der Waals surface area contributed by atoms with Gasteiger partial charge in [0.15, 0.2) is 0 Å². The van der Waals surface area contributed by atoms with Crippen LogP contribution in [-0.4, -0.2) is 60.9 Å². The first-order valence-corrected chi connectivity index (χ1v) is 6.86. The third-order valence-electron chi connectivity index (χ3n) is 3.89. The number of hydrogen-bond acceptors (Lipinski definition) is 5. The molecule has 1 N–H and O–H groups in total. The molecule has 2 rings (SSSR count). The molecule has 0 aliphatic carbocycles. The minimum absolute atomic E-state index is 0.0688. The number of likely N-dealkylation sites (tertiary alicyclic amines) is 1. The summed E-state index contributed by atoms with van der Waals surface area (Å²) in [4.78, 5) is 26.9. The molecule has 1 amide bonds. The lowest BCUT2D eigenvalue weighted by Crippen LogP contribution is -2.34. The molecule has 0 spiro atoms. The first-order valence-electron chi connectivity index (χ1n) is 6.86. The number of carbonyl (C=O) groups excluding carboxylic acids is 1. The lowest BCUT2D eigenvalue weighted by atomic mass is 10.1. The van der Waals surface area contributed by atoms with E-state index in [1.807, 2.05) is 14.1 Å². The number of nitro benzene ring substituents is 1. The number of amides is 1. The molecule has 1 fully saturated rings. The molecule has 1 unspecified atom stereocenters. The second kappa shape index (κ2) is 6.09. The zero-order valence-electron chi connectivity index (χ0n) is 12.5. The van der Waals surface area contributed by atoms with Gasteiger partial charge in [0.2, 0.25) is 0 Å². The van der Waals surface area contributed by atoms with Crippen LogP contribution in [-0.2, 0) is 0 Å². The molecule has 1 atom stereocenters. The van der Waals surface area contributed by atoms with Crippen LogP contribution < -0.4 is 5.32 Å². The van der Waals surface area contributed by atoms with Gasteiger partial charge >= 0.3 is 0 Å². The fourth-order valence-corrected chi connectivity index (χ4v) is 2.56. The van der Waals surface area contributed by atoms with E-state index in [1.54, 1.807) is 18.0 Å². The Bertz CT molecular complexity index is 559. The third kappa shape index (κ3) is 3.13. The van der Waals surface area contributed by atoms with Gasteiger partial charge in [-0.05, 0) is 26.6 Å². The molecule has 0 saturated carbocycles. The van der Waals surface area contributed by atoms with Crippen LogP contribution in [0.25, 0.3) is 0 Å². The predicted octanol–water partition coefficient (Wildman–Crippen LogP) is 1.41. The number of nitrogens with one attached hydrogen (secondary N) is 1. The molecule has 1 aliphatic heterocycles. The molecule has 1 aromatic carbocycles. The van der Waals surface area contributed by atoms with Crippen LogP contribution in [0, 0.1) is 10.1 Å². The van der Waals surface area contributed by atoms with Crippen molar-refractivity contribution < 1.29 is 9.72 Å². The Labute approximate surface area is 123 Å². The number of rotatable bonds is 4. The van der Waals surface area contributed by atoms with Crippen molar-refractivity contribution in [2.75, 3.05) is 39.5 Å². The van der Waals surface area contributed by atoms with Gasteiger partial charge in [-0.1, -0.05) is 0 Å². The summed E-state index contributed by atoms with van der Waals surface area (Å²) in [5.41, 5.74) is 0.894. The van der Waals surface area contributed by atoms with Crippen molar-refractivity contribution in [3.8, 4) is 0 Å². The van der Waals surface area contributed by atoms with Crippen molar-refractivity contribution in [1.29, 1.82) is 0 Å². The smallest absolute Gasteiger partial charge is 0.270 e. The van der Waals surface area contributed by atoms with Crippen molar-refractivity contribution in [3.63, 3.8) is 0 Å². The number of anilines is 1. The van der Waals surface area contributed by atoms with Gasteiger partial charge in [-0.25, -0.2) is 0 Å². The fourth-order valence-electron chi connectivity index (χ4n) is 2.56. The van der Waals surface area contributed by atoms with Crippen LogP contribution in [0.4, 0.5) is 11.4 Å². The molecule has 0 radical (unpaired) electrons. The summed E-state index contributed by atoms with van der Waals surface area (Å²) < 4.78 is 0. The van der Waals surface area contributed by atoms with Crippen molar-refractivity contribution in [3.05, 3.63) is 33.9 Å². The Kier molecular flexibility index (Phi) is 4.42. The number of likely N-dealkylation sites (N-methyl/N-ethyl adjacent to an activating group) is 1. The van der Waals surface area contributed by atoms with E-state index in [4.69, 9.17) is 0 Å². The molecule has 7 heteroatoms. The van der Waals surface area contributed by atoms with Crippen LogP contribution >= 0.6 is 0 Å². The number of non-ortho nitro benzene ring substituents is 1. The maximum atomic E-state index is 12.6. The lowest BCUT2D eigenvalue weighted by Gasteiger charge is -2.21. The topological polar surface area (TPSA) is 78.7 Å². The highest BCUT2D eigenvalue weighted by atomic mass is 16.6. The largest absolute Gasteiger partial charge is 0.387 e. The number of carbonyl (C=O) groups is 1. The van der Waals surface area contributed by atoms with Crippen LogP contribution in [0.3, 0.4) is 0 Å². The van der Waals surface area contributed by atoms with E-state index in [9.17, 15) is 14.9 Å². The highest BCUT2D eigenvalue weighted by Crippen LogP contribution is 2.25. The maximum Gasteiger partial charge on any atom is 0.270 e. The Morgan fingerprint density at radius 3 is 2.71 bits per heavy atom. The average Bonchev–Trinajstić information content (AvgIpc) is 2.95. The van der Waals surface area contributed by atoms with Gasteiger partial charge in [-0.3, -0.25) is 14.9 Å². The van der Waals surface area contributed by atoms with Gasteiger partial charge in [0.25, 0.3) is 11.6 Å². The molecule has 1 aliphatic rings. The van der Waals surface area contributed by atoms with E-state index in [-0.39, 0.29) is 11.6 Å². The van der Waals surface area contributed by atoms with E-state index < -0.39 is 4.92 Å². The molecule has 1 heterocycles. The number of hydrogen-bond donors (Lipinski definition) is 1. The van der Waals surface area contributed by atoms with Crippen molar-refractivity contribution in [1.82, 2.24) is 9.80 Å². The highest BCUT2D eigenvalue weighted by Gasteiger charge is 2.29. The van der Waals surface area contributed by atoms with Gasteiger partial charge in [-0.15, -0.1) is 0 Å².